The summed E-state index contributed by atoms with van der Waals surface area (Å²) >= 11 is 12.1. The molecule has 0 saturated carbocycles. The Hall–Kier alpha value is -3.07. The minimum Gasteiger partial charge on any atom is -0.355 e. The molecule has 0 aromatic heterocycles. The van der Waals surface area contributed by atoms with E-state index >= 15 is 0 Å². The number of amides is 2. The van der Waals surface area contributed by atoms with Crippen LogP contribution in [0.4, 0.5) is 5.69 Å². The summed E-state index contributed by atoms with van der Waals surface area (Å²) in [7, 11) is -4.11. The van der Waals surface area contributed by atoms with Crippen molar-refractivity contribution in [2.75, 3.05) is 17.4 Å². The van der Waals surface area contributed by atoms with Gasteiger partial charge in [0, 0.05) is 23.1 Å². The number of sulfonamides is 1. The van der Waals surface area contributed by atoms with Crippen molar-refractivity contribution in [3.63, 3.8) is 0 Å². The van der Waals surface area contributed by atoms with Gasteiger partial charge in [0.15, 0.2) is 0 Å². The lowest BCUT2D eigenvalue weighted by molar-refractivity contribution is -0.139. The minimum absolute atomic E-state index is 0.0333. The van der Waals surface area contributed by atoms with Crippen molar-refractivity contribution in [2.45, 2.75) is 31.3 Å². The van der Waals surface area contributed by atoms with Crippen molar-refractivity contribution in [1.29, 1.82) is 0 Å². The zero-order valence-corrected chi connectivity index (χ0v) is 22.2. The van der Waals surface area contributed by atoms with Crippen LogP contribution in [-0.2, 0) is 26.2 Å². The molecule has 2 amide bonds. The van der Waals surface area contributed by atoms with E-state index < -0.39 is 28.5 Å². The van der Waals surface area contributed by atoms with Gasteiger partial charge < -0.3 is 10.2 Å². The second-order valence-corrected chi connectivity index (χ2v) is 10.8. The molecule has 0 aliphatic heterocycles. The molecular formula is C26H27Cl2N3O4S. The number of halogens is 2. The van der Waals surface area contributed by atoms with Gasteiger partial charge in [0.2, 0.25) is 11.8 Å². The fourth-order valence-electron chi connectivity index (χ4n) is 3.59. The van der Waals surface area contributed by atoms with Crippen LogP contribution in [0, 0.1) is 0 Å². The fourth-order valence-corrected chi connectivity index (χ4v) is 5.37. The maximum absolute atomic E-state index is 13.7. The average molecular weight is 548 g/mol. The third-order valence-corrected chi connectivity index (χ3v) is 7.76. The van der Waals surface area contributed by atoms with Gasteiger partial charge in [-0.15, -0.1) is 0 Å². The molecule has 0 saturated heterocycles. The van der Waals surface area contributed by atoms with Gasteiger partial charge >= 0.3 is 0 Å². The summed E-state index contributed by atoms with van der Waals surface area (Å²) in [6.07, 6.45) is 0. The lowest BCUT2D eigenvalue weighted by Gasteiger charge is -2.32. The van der Waals surface area contributed by atoms with Crippen molar-refractivity contribution in [1.82, 2.24) is 10.2 Å². The maximum atomic E-state index is 13.7. The number of anilines is 1. The van der Waals surface area contributed by atoms with E-state index in [0.29, 0.717) is 22.2 Å². The molecule has 0 fully saturated rings. The van der Waals surface area contributed by atoms with E-state index in [4.69, 9.17) is 23.2 Å². The largest absolute Gasteiger partial charge is 0.355 e. The summed E-state index contributed by atoms with van der Waals surface area (Å²) in [6.45, 7) is 3.32. The van der Waals surface area contributed by atoms with Crippen LogP contribution < -0.4 is 9.62 Å². The fraction of sp³-hybridized carbons (Fsp3) is 0.231. The molecule has 0 heterocycles. The lowest BCUT2D eigenvalue weighted by atomic mass is 10.1. The van der Waals surface area contributed by atoms with Crippen LogP contribution in [0.1, 0.15) is 19.4 Å². The molecular weight excluding hydrogens is 521 g/mol. The molecule has 3 rings (SSSR count). The van der Waals surface area contributed by atoms with Gasteiger partial charge in [0.1, 0.15) is 12.6 Å². The van der Waals surface area contributed by atoms with Gasteiger partial charge in [-0.05, 0) is 67.9 Å². The second kappa shape index (κ2) is 12.3. The first kappa shape index (κ1) is 27.5. The van der Waals surface area contributed by atoms with Crippen molar-refractivity contribution >= 4 is 50.7 Å². The van der Waals surface area contributed by atoms with Crippen LogP contribution in [0.5, 0.6) is 0 Å². The van der Waals surface area contributed by atoms with Gasteiger partial charge in [-0.3, -0.25) is 13.9 Å². The summed E-state index contributed by atoms with van der Waals surface area (Å²) in [5.74, 6) is -0.903. The Kier molecular flexibility index (Phi) is 9.37. The van der Waals surface area contributed by atoms with Crippen LogP contribution in [0.25, 0.3) is 0 Å². The summed E-state index contributed by atoms with van der Waals surface area (Å²) in [6, 6.07) is 20.1. The molecule has 10 heteroatoms. The predicted molar refractivity (Wildman–Crippen MR) is 143 cm³/mol. The van der Waals surface area contributed by atoms with Crippen molar-refractivity contribution < 1.29 is 18.0 Å². The average Bonchev–Trinajstić information content (AvgIpc) is 2.86. The number of likely N-dealkylation sites (N-methyl/N-ethyl adjacent to an activating group) is 1. The number of nitrogens with one attached hydrogen (secondary N) is 1. The lowest BCUT2D eigenvalue weighted by Crippen LogP contribution is -2.51. The zero-order chi connectivity index (χ0) is 26.3. The maximum Gasteiger partial charge on any atom is 0.264 e. The van der Waals surface area contributed by atoms with Crippen LogP contribution in [-0.4, -0.2) is 44.3 Å². The molecule has 0 aliphatic rings. The number of benzene rings is 3. The highest BCUT2D eigenvalue weighted by atomic mass is 35.5. The third-order valence-electron chi connectivity index (χ3n) is 5.48. The minimum atomic E-state index is -4.11. The number of rotatable bonds is 10. The van der Waals surface area contributed by atoms with E-state index in [9.17, 15) is 18.0 Å². The standard InChI is InChI=1S/C26H27Cl2N3O4S/c1-3-29-26(33)19(2)30(17-20-8-7-9-22(28)16-20)25(32)18-31(23-14-12-21(27)13-15-23)36(34,35)24-10-5-4-6-11-24/h4-16,19H,3,17-18H2,1-2H3,(H,29,33)/t19-/m0/s1. The van der Waals surface area contributed by atoms with E-state index in [0.717, 1.165) is 4.31 Å². The Bertz CT molecular complexity index is 1300. The Morgan fingerprint density at radius 2 is 1.58 bits per heavy atom. The first-order valence-electron chi connectivity index (χ1n) is 11.3. The van der Waals surface area contributed by atoms with Crippen LogP contribution >= 0.6 is 23.2 Å². The Labute approximate surface area is 221 Å². The summed E-state index contributed by atoms with van der Waals surface area (Å²) < 4.78 is 28.2. The number of nitrogens with zero attached hydrogens (tertiary/aromatic N) is 2. The molecule has 1 atom stereocenters. The molecule has 7 nitrogen and oxygen atoms in total. The van der Waals surface area contributed by atoms with E-state index in [1.165, 1.54) is 29.2 Å². The Morgan fingerprint density at radius 3 is 2.19 bits per heavy atom. The summed E-state index contributed by atoms with van der Waals surface area (Å²) in [5.41, 5.74) is 0.973. The van der Waals surface area contributed by atoms with Gasteiger partial charge in [-0.25, -0.2) is 8.42 Å². The van der Waals surface area contributed by atoms with Crippen molar-refractivity contribution in [3.05, 3.63) is 94.5 Å². The Morgan fingerprint density at radius 1 is 0.917 bits per heavy atom. The number of hydrogen-bond donors (Lipinski definition) is 1. The highest BCUT2D eigenvalue weighted by molar-refractivity contribution is 7.92. The summed E-state index contributed by atoms with van der Waals surface area (Å²) in [4.78, 5) is 27.8. The zero-order valence-electron chi connectivity index (χ0n) is 19.9. The van der Waals surface area contributed by atoms with Gasteiger partial charge in [0.05, 0.1) is 10.6 Å². The first-order chi connectivity index (χ1) is 17.1. The topological polar surface area (TPSA) is 86.8 Å². The smallest absolute Gasteiger partial charge is 0.264 e. The molecule has 0 bridgehead atoms. The van der Waals surface area contributed by atoms with Crippen molar-refractivity contribution in [2.24, 2.45) is 0 Å². The van der Waals surface area contributed by atoms with E-state index in [1.807, 2.05) is 0 Å². The monoisotopic (exact) mass is 547 g/mol. The second-order valence-electron chi connectivity index (χ2n) is 8.02. The molecule has 0 spiro atoms. The molecule has 0 unspecified atom stereocenters. The number of carbonyl (C=O) groups excluding carboxylic acids is 2. The van der Waals surface area contributed by atoms with E-state index in [2.05, 4.69) is 5.32 Å². The first-order valence-corrected chi connectivity index (χ1v) is 13.5. The van der Waals surface area contributed by atoms with Crippen LogP contribution in [0.3, 0.4) is 0 Å². The number of hydrogen-bond acceptors (Lipinski definition) is 4. The van der Waals surface area contributed by atoms with Crippen molar-refractivity contribution in [3.8, 4) is 0 Å². The molecule has 3 aromatic rings. The molecule has 0 radical (unpaired) electrons. The normalized spacial score (nSPS) is 12.0. The molecule has 0 aliphatic carbocycles. The highest BCUT2D eigenvalue weighted by Gasteiger charge is 2.32. The van der Waals surface area contributed by atoms with Gasteiger partial charge in [0.25, 0.3) is 10.0 Å². The summed E-state index contributed by atoms with van der Waals surface area (Å²) in [5, 5.41) is 3.63. The molecule has 190 valence electrons. The van der Waals surface area contributed by atoms with E-state index in [-0.39, 0.29) is 23.0 Å². The quantitative estimate of drug-likeness (QED) is 0.397. The number of carbonyl (C=O) groups is 2. The van der Waals surface area contributed by atoms with Crippen LogP contribution in [0.2, 0.25) is 10.0 Å². The van der Waals surface area contributed by atoms with E-state index in [1.54, 1.807) is 68.4 Å². The third kappa shape index (κ3) is 6.78. The van der Waals surface area contributed by atoms with Gasteiger partial charge in [-0.2, -0.15) is 0 Å². The Balaban J connectivity index is 2.01. The molecule has 36 heavy (non-hydrogen) atoms. The van der Waals surface area contributed by atoms with Crippen LogP contribution in [0.15, 0.2) is 83.8 Å². The van der Waals surface area contributed by atoms with Gasteiger partial charge in [-0.1, -0.05) is 53.5 Å². The molecule has 3 aromatic carbocycles. The highest BCUT2D eigenvalue weighted by Crippen LogP contribution is 2.26. The SMILES string of the molecule is CCNC(=O)[C@H](C)N(Cc1cccc(Cl)c1)C(=O)CN(c1ccc(Cl)cc1)S(=O)(=O)c1ccccc1. The molecule has 1 N–H and O–H groups in total. The predicted octanol–water partition coefficient (Wildman–Crippen LogP) is 4.74.